The summed E-state index contributed by atoms with van der Waals surface area (Å²) in [6, 6.07) is 0. The number of fused-ring (bicyclic) bond motifs is 1. The molecule has 2 aromatic heterocycles. The molecule has 0 aromatic carbocycles. The van der Waals surface area contributed by atoms with E-state index in [-0.39, 0.29) is 30.6 Å². The molecule has 2 atom stereocenters. The maximum atomic E-state index is 11.0. The minimum absolute atomic E-state index is 0.0578. The van der Waals surface area contributed by atoms with Crippen molar-refractivity contribution < 1.29 is 19.8 Å². The number of aromatic nitrogens is 4. The van der Waals surface area contributed by atoms with Crippen LogP contribution in [0.1, 0.15) is 26.2 Å². The molecule has 0 saturated carbocycles. The molecule has 0 bridgehead atoms. The molecule has 0 fully saturated rings. The van der Waals surface area contributed by atoms with Gasteiger partial charge in [-0.25, -0.2) is 9.97 Å². The van der Waals surface area contributed by atoms with E-state index in [2.05, 4.69) is 15.0 Å². The van der Waals surface area contributed by atoms with Gasteiger partial charge < -0.3 is 20.5 Å². The quantitative estimate of drug-likeness (QED) is 0.653. The van der Waals surface area contributed by atoms with E-state index in [9.17, 15) is 9.59 Å². The Labute approximate surface area is 132 Å². The van der Waals surface area contributed by atoms with Gasteiger partial charge in [0.2, 0.25) is 5.95 Å². The van der Waals surface area contributed by atoms with Crippen LogP contribution in [0.5, 0.6) is 0 Å². The van der Waals surface area contributed by atoms with Gasteiger partial charge in [-0.2, -0.15) is 4.98 Å². The third-order valence-electron chi connectivity index (χ3n) is 3.86. The first-order valence-electron chi connectivity index (χ1n) is 7.23. The van der Waals surface area contributed by atoms with Crippen LogP contribution >= 0.6 is 0 Å². The van der Waals surface area contributed by atoms with Crippen molar-refractivity contribution in [1.82, 2.24) is 19.5 Å². The van der Waals surface area contributed by atoms with Crippen molar-refractivity contribution in [2.75, 3.05) is 5.73 Å². The lowest BCUT2D eigenvalue weighted by molar-refractivity contribution is -0.141. The molecular formula is C14H19N5O4. The Balaban J connectivity index is 2.11. The largest absolute Gasteiger partial charge is 0.481 e. The molecule has 0 saturated heterocycles. The zero-order valence-corrected chi connectivity index (χ0v) is 12.7. The fourth-order valence-corrected chi connectivity index (χ4v) is 2.59. The fraction of sp³-hybridized carbons (Fsp3) is 0.500. The highest BCUT2D eigenvalue weighted by Crippen LogP contribution is 2.24. The molecule has 0 aliphatic heterocycles. The third-order valence-corrected chi connectivity index (χ3v) is 3.86. The van der Waals surface area contributed by atoms with Gasteiger partial charge in [-0.1, -0.05) is 6.92 Å². The number of aryl methyl sites for hydroxylation is 1. The zero-order valence-electron chi connectivity index (χ0n) is 12.7. The lowest BCUT2D eigenvalue weighted by atomic mass is 9.86. The SMILES string of the molecule is CC(CC(=O)O)C(CCn1cnc2cnc(N)nc21)CC(=O)O. The smallest absolute Gasteiger partial charge is 0.303 e. The van der Waals surface area contributed by atoms with E-state index in [4.69, 9.17) is 15.9 Å². The lowest BCUT2D eigenvalue weighted by Gasteiger charge is -2.21. The highest BCUT2D eigenvalue weighted by atomic mass is 16.4. The second-order valence-electron chi connectivity index (χ2n) is 5.60. The van der Waals surface area contributed by atoms with Crippen LogP contribution in [0, 0.1) is 11.8 Å². The number of hydrogen-bond acceptors (Lipinski definition) is 6. The van der Waals surface area contributed by atoms with E-state index in [1.165, 1.54) is 6.20 Å². The van der Waals surface area contributed by atoms with Gasteiger partial charge >= 0.3 is 11.9 Å². The van der Waals surface area contributed by atoms with Crippen molar-refractivity contribution in [3.05, 3.63) is 12.5 Å². The number of carbonyl (C=O) groups is 2. The molecule has 0 amide bonds. The van der Waals surface area contributed by atoms with Crippen LogP contribution in [0.25, 0.3) is 11.2 Å². The molecule has 0 radical (unpaired) electrons. The second-order valence-corrected chi connectivity index (χ2v) is 5.60. The topological polar surface area (TPSA) is 144 Å². The van der Waals surface area contributed by atoms with Crippen LogP contribution in [-0.2, 0) is 16.1 Å². The highest BCUT2D eigenvalue weighted by Gasteiger charge is 2.23. The first kappa shape index (κ1) is 16.7. The number of rotatable bonds is 8. The Morgan fingerprint density at radius 2 is 1.96 bits per heavy atom. The van der Waals surface area contributed by atoms with Gasteiger partial charge in [-0.05, 0) is 18.3 Å². The van der Waals surface area contributed by atoms with Crippen LogP contribution in [-0.4, -0.2) is 41.7 Å². The highest BCUT2D eigenvalue weighted by molar-refractivity contribution is 5.70. The Kier molecular flexibility index (Phi) is 5.09. The van der Waals surface area contributed by atoms with Crippen molar-refractivity contribution in [3.63, 3.8) is 0 Å². The van der Waals surface area contributed by atoms with Gasteiger partial charge in [-0.3, -0.25) is 9.59 Å². The van der Waals surface area contributed by atoms with Gasteiger partial charge in [-0.15, -0.1) is 0 Å². The molecule has 2 heterocycles. The molecule has 2 unspecified atom stereocenters. The number of aliphatic carboxylic acids is 2. The Hall–Kier alpha value is -2.71. The molecule has 0 aliphatic carbocycles. The summed E-state index contributed by atoms with van der Waals surface area (Å²) in [5.74, 6) is -2.21. The lowest BCUT2D eigenvalue weighted by Crippen LogP contribution is -2.20. The minimum atomic E-state index is -0.936. The summed E-state index contributed by atoms with van der Waals surface area (Å²) in [6.45, 7) is 2.24. The fourth-order valence-electron chi connectivity index (χ4n) is 2.59. The van der Waals surface area contributed by atoms with E-state index < -0.39 is 11.9 Å². The Morgan fingerprint density at radius 1 is 1.26 bits per heavy atom. The number of nitrogen functional groups attached to an aromatic ring is 1. The zero-order chi connectivity index (χ0) is 17.0. The van der Waals surface area contributed by atoms with Crippen LogP contribution in [0.15, 0.2) is 12.5 Å². The first-order chi connectivity index (χ1) is 10.9. The van der Waals surface area contributed by atoms with Crippen LogP contribution in [0.3, 0.4) is 0 Å². The molecule has 2 aromatic rings. The number of nitrogens with zero attached hydrogens (tertiary/aromatic N) is 4. The maximum Gasteiger partial charge on any atom is 0.303 e. The molecule has 0 aliphatic rings. The van der Waals surface area contributed by atoms with Gasteiger partial charge in [0, 0.05) is 19.4 Å². The maximum absolute atomic E-state index is 11.0. The summed E-state index contributed by atoms with van der Waals surface area (Å²) in [5.41, 5.74) is 6.76. The summed E-state index contributed by atoms with van der Waals surface area (Å²) < 4.78 is 1.77. The van der Waals surface area contributed by atoms with E-state index in [1.54, 1.807) is 17.8 Å². The van der Waals surface area contributed by atoms with Crippen molar-refractivity contribution >= 4 is 29.1 Å². The van der Waals surface area contributed by atoms with Crippen LogP contribution in [0.2, 0.25) is 0 Å². The number of nitrogens with two attached hydrogens (primary N) is 1. The van der Waals surface area contributed by atoms with Gasteiger partial charge in [0.05, 0.1) is 12.5 Å². The average Bonchev–Trinajstić information content (AvgIpc) is 2.84. The monoisotopic (exact) mass is 321 g/mol. The van der Waals surface area contributed by atoms with E-state index in [0.717, 1.165) is 0 Å². The summed E-state index contributed by atoms with van der Waals surface area (Å²) in [7, 11) is 0. The molecule has 4 N–H and O–H groups in total. The summed E-state index contributed by atoms with van der Waals surface area (Å²) in [6.07, 6.45) is 3.50. The number of carboxylic acids is 2. The number of anilines is 1. The Bertz CT molecular complexity index is 714. The van der Waals surface area contributed by atoms with E-state index in [0.29, 0.717) is 24.1 Å². The average molecular weight is 321 g/mol. The summed E-state index contributed by atoms with van der Waals surface area (Å²) in [5, 5.41) is 17.9. The molecule has 2 rings (SSSR count). The Morgan fingerprint density at radius 3 is 2.61 bits per heavy atom. The molecule has 0 spiro atoms. The molecule has 9 heteroatoms. The summed E-state index contributed by atoms with van der Waals surface area (Å²) in [4.78, 5) is 34.0. The second kappa shape index (κ2) is 7.03. The van der Waals surface area contributed by atoms with Crippen molar-refractivity contribution in [3.8, 4) is 0 Å². The van der Waals surface area contributed by atoms with E-state index >= 15 is 0 Å². The van der Waals surface area contributed by atoms with Gasteiger partial charge in [0.25, 0.3) is 0 Å². The molecule has 124 valence electrons. The van der Waals surface area contributed by atoms with Gasteiger partial charge in [0.15, 0.2) is 5.65 Å². The first-order valence-corrected chi connectivity index (χ1v) is 7.23. The minimum Gasteiger partial charge on any atom is -0.481 e. The molecule has 23 heavy (non-hydrogen) atoms. The van der Waals surface area contributed by atoms with Crippen molar-refractivity contribution in [2.24, 2.45) is 11.8 Å². The predicted molar refractivity (Wildman–Crippen MR) is 81.5 cm³/mol. The van der Waals surface area contributed by atoms with E-state index in [1.807, 2.05) is 0 Å². The van der Waals surface area contributed by atoms with Crippen LogP contribution < -0.4 is 5.73 Å². The number of hydrogen-bond donors (Lipinski definition) is 3. The predicted octanol–water partition coefficient (Wildman–Crippen LogP) is 1.00. The third kappa shape index (κ3) is 4.38. The van der Waals surface area contributed by atoms with Crippen molar-refractivity contribution in [2.45, 2.75) is 32.7 Å². The van der Waals surface area contributed by atoms with Crippen LogP contribution in [0.4, 0.5) is 5.95 Å². The standard InChI is InChI=1S/C14H19N5O4/c1-8(4-11(20)21)9(5-12(22)23)2-3-19-7-17-10-6-16-14(15)18-13(10)19/h6-9H,2-5H2,1H3,(H,20,21)(H,22,23)(H2,15,16,18). The summed E-state index contributed by atoms with van der Waals surface area (Å²) >= 11 is 0. The molecular weight excluding hydrogens is 302 g/mol. The normalized spacial score (nSPS) is 13.8. The molecule has 9 nitrogen and oxygen atoms in total. The number of imidazole rings is 1. The number of carboxylic acid groups (broad SMARTS) is 2. The van der Waals surface area contributed by atoms with Gasteiger partial charge in [0.1, 0.15) is 5.52 Å². The van der Waals surface area contributed by atoms with Crippen molar-refractivity contribution in [1.29, 1.82) is 0 Å².